The molecule has 1 aliphatic heterocycles. The average molecular weight is 139 g/mol. The summed E-state index contributed by atoms with van der Waals surface area (Å²) in [7, 11) is 0. The quantitative estimate of drug-likeness (QED) is 0.612. The summed E-state index contributed by atoms with van der Waals surface area (Å²) in [6, 6.07) is 5.11. The third-order valence-electron chi connectivity index (χ3n) is 1.52. The summed E-state index contributed by atoms with van der Waals surface area (Å²) < 4.78 is 0. The summed E-state index contributed by atoms with van der Waals surface area (Å²) in [5, 5.41) is 5.42. The van der Waals surface area contributed by atoms with E-state index in [9.17, 15) is 0 Å². The standard InChI is InChI=1S/C7H9NS/c1-2-7(9-3-1)4-6-5-8-6/h1-3,6,8H,4-5H2. The van der Waals surface area contributed by atoms with Gasteiger partial charge in [0.05, 0.1) is 0 Å². The molecular formula is C7H9NS. The van der Waals surface area contributed by atoms with E-state index >= 15 is 0 Å². The fraction of sp³-hybridized carbons (Fsp3) is 0.429. The maximum absolute atomic E-state index is 3.28. The molecule has 1 aliphatic rings. The largest absolute Gasteiger partial charge is 0.311 e. The highest BCUT2D eigenvalue weighted by Gasteiger charge is 2.19. The Bertz CT molecular complexity index is 177. The van der Waals surface area contributed by atoms with Crippen molar-refractivity contribution in [3.63, 3.8) is 0 Å². The molecule has 0 aromatic carbocycles. The molecule has 0 bridgehead atoms. The first-order valence-corrected chi connectivity index (χ1v) is 4.09. The van der Waals surface area contributed by atoms with Crippen molar-refractivity contribution in [1.29, 1.82) is 0 Å². The first-order valence-electron chi connectivity index (χ1n) is 3.21. The lowest BCUT2D eigenvalue weighted by Gasteiger charge is -1.87. The predicted octanol–water partition coefficient (Wildman–Crippen LogP) is 1.26. The smallest absolute Gasteiger partial charge is 0.0241 e. The van der Waals surface area contributed by atoms with Gasteiger partial charge < -0.3 is 5.32 Å². The van der Waals surface area contributed by atoms with Crippen molar-refractivity contribution >= 4 is 11.3 Å². The van der Waals surface area contributed by atoms with Gasteiger partial charge in [-0.1, -0.05) is 6.07 Å². The Kier molecular flexibility index (Phi) is 1.28. The summed E-state index contributed by atoms with van der Waals surface area (Å²) in [5.74, 6) is 0. The van der Waals surface area contributed by atoms with Crippen LogP contribution in [0.2, 0.25) is 0 Å². The molecule has 2 heteroatoms. The van der Waals surface area contributed by atoms with Crippen LogP contribution < -0.4 is 5.32 Å². The van der Waals surface area contributed by atoms with Crippen LogP contribution in [0.5, 0.6) is 0 Å². The molecule has 0 saturated carbocycles. The highest BCUT2D eigenvalue weighted by atomic mass is 32.1. The summed E-state index contributed by atoms with van der Waals surface area (Å²) in [6.45, 7) is 1.22. The van der Waals surface area contributed by atoms with Crippen molar-refractivity contribution in [3.8, 4) is 0 Å². The van der Waals surface area contributed by atoms with Crippen molar-refractivity contribution in [2.45, 2.75) is 12.5 Å². The van der Waals surface area contributed by atoms with Crippen LogP contribution >= 0.6 is 11.3 Å². The average Bonchev–Trinajstić information content (AvgIpc) is 2.46. The van der Waals surface area contributed by atoms with Crippen molar-refractivity contribution < 1.29 is 0 Å². The molecule has 0 aliphatic carbocycles. The van der Waals surface area contributed by atoms with E-state index in [0.29, 0.717) is 0 Å². The van der Waals surface area contributed by atoms with Crippen LogP contribution in [0, 0.1) is 0 Å². The van der Waals surface area contributed by atoms with E-state index in [2.05, 4.69) is 22.8 Å². The Morgan fingerprint density at radius 2 is 2.67 bits per heavy atom. The van der Waals surface area contributed by atoms with Crippen LogP contribution in [0.15, 0.2) is 17.5 Å². The highest BCUT2D eigenvalue weighted by molar-refractivity contribution is 7.09. The minimum absolute atomic E-state index is 0.795. The normalized spacial score (nSPS) is 24.2. The Hall–Kier alpha value is -0.340. The molecule has 2 rings (SSSR count). The highest BCUT2D eigenvalue weighted by Crippen LogP contribution is 2.13. The van der Waals surface area contributed by atoms with Gasteiger partial charge in [0.25, 0.3) is 0 Å². The molecule has 9 heavy (non-hydrogen) atoms. The minimum Gasteiger partial charge on any atom is -0.311 e. The molecule has 0 spiro atoms. The molecule has 1 atom stereocenters. The molecule has 1 saturated heterocycles. The topological polar surface area (TPSA) is 21.9 Å². The van der Waals surface area contributed by atoms with Crippen molar-refractivity contribution in [1.82, 2.24) is 5.32 Å². The maximum Gasteiger partial charge on any atom is 0.0241 e. The first kappa shape index (κ1) is 5.45. The van der Waals surface area contributed by atoms with E-state index in [1.165, 1.54) is 17.8 Å². The van der Waals surface area contributed by atoms with Crippen LogP contribution in [0.1, 0.15) is 4.88 Å². The van der Waals surface area contributed by atoms with Gasteiger partial charge in [-0.15, -0.1) is 11.3 Å². The molecule has 1 unspecified atom stereocenters. The Morgan fingerprint density at radius 1 is 1.78 bits per heavy atom. The fourth-order valence-corrected chi connectivity index (χ4v) is 1.69. The molecule has 1 aromatic heterocycles. The van der Waals surface area contributed by atoms with Gasteiger partial charge in [-0.3, -0.25) is 0 Å². The summed E-state index contributed by atoms with van der Waals surface area (Å²) >= 11 is 1.85. The number of thiophene rings is 1. The SMILES string of the molecule is c1csc(CC2CN2)c1. The summed E-state index contributed by atoms with van der Waals surface area (Å²) in [6.07, 6.45) is 1.23. The molecule has 1 aromatic rings. The van der Waals surface area contributed by atoms with E-state index in [4.69, 9.17) is 0 Å². The molecule has 1 N–H and O–H groups in total. The molecule has 2 heterocycles. The van der Waals surface area contributed by atoms with E-state index in [1.54, 1.807) is 0 Å². The maximum atomic E-state index is 3.28. The lowest BCUT2D eigenvalue weighted by Crippen LogP contribution is -1.92. The Labute approximate surface area is 58.7 Å². The molecule has 1 nitrogen and oxygen atoms in total. The number of hydrogen-bond acceptors (Lipinski definition) is 2. The Morgan fingerprint density at radius 3 is 3.22 bits per heavy atom. The number of rotatable bonds is 2. The van der Waals surface area contributed by atoms with Crippen LogP contribution in [0.25, 0.3) is 0 Å². The van der Waals surface area contributed by atoms with E-state index < -0.39 is 0 Å². The van der Waals surface area contributed by atoms with Crippen LogP contribution in [-0.4, -0.2) is 12.6 Å². The summed E-state index contributed by atoms with van der Waals surface area (Å²) in [5.41, 5.74) is 0. The van der Waals surface area contributed by atoms with E-state index in [-0.39, 0.29) is 0 Å². The van der Waals surface area contributed by atoms with Gasteiger partial charge in [0.15, 0.2) is 0 Å². The lowest BCUT2D eigenvalue weighted by molar-refractivity contribution is 0.948. The molecule has 1 fully saturated rings. The monoisotopic (exact) mass is 139 g/mol. The molecule has 48 valence electrons. The fourth-order valence-electron chi connectivity index (χ4n) is 0.899. The molecule has 0 radical (unpaired) electrons. The van der Waals surface area contributed by atoms with Crippen LogP contribution in [0.4, 0.5) is 0 Å². The summed E-state index contributed by atoms with van der Waals surface area (Å²) in [4.78, 5) is 1.50. The second-order valence-electron chi connectivity index (χ2n) is 2.39. The zero-order chi connectivity index (χ0) is 6.10. The van der Waals surface area contributed by atoms with Gasteiger partial charge in [0, 0.05) is 17.5 Å². The third-order valence-corrected chi connectivity index (χ3v) is 2.42. The molecular weight excluding hydrogens is 130 g/mol. The van der Waals surface area contributed by atoms with Crippen LogP contribution in [-0.2, 0) is 6.42 Å². The van der Waals surface area contributed by atoms with E-state index in [0.717, 1.165) is 6.04 Å². The van der Waals surface area contributed by atoms with Gasteiger partial charge in [-0.2, -0.15) is 0 Å². The van der Waals surface area contributed by atoms with Crippen molar-refractivity contribution in [2.24, 2.45) is 0 Å². The van der Waals surface area contributed by atoms with Crippen LogP contribution in [0.3, 0.4) is 0 Å². The zero-order valence-corrected chi connectivity index (χ0v) is 5.95. The number of nitrogens with one attached hydrogen (secondary N) is 1. The van der Waals surface area contributed by atoms with Gasteiger partial charge in [0.2, 0.25) is 0 Å². The number of hydrogen-bond donors (Lipinski definition) is 1. The zero-order valence-electron chi connectivity index (χ0n) is 5.13. The van der Waals surface area contributed by atoms with Crippen molar-refractivity contribution in [2.75, 3.05) is 6.54 Å². The van der Waals surface area contributed by atoms with Gasteiger partial charge >= 0.3 is 0 Å². The van der Waals surface area contributed by atoms with Gasteiger partial charge in [-0.25, -0.2) is 0 Å². The van der Waals surface area contributed by atoms with Gasteiger partial charge in [0.1, 0.15) is 0 Å². The predicted molar refractivity (Wildman–Crippen MR) is 39.8 cm³/mol. The first-order chi connectivity index (χ1) is 4.45. The Balaban J connectivity index is 1.99. The second kappa shape index (κ2) is 2.12. The molecule has 0 amide bonds. The second-order valence-corrected chi connectivity index (χ2v) is 3.42. The minimum atomic E-state index is 0.795. The van der Waals surface area contributed by atoms with Gasteiger partial charge in [-0.05, 0) is 17.9 Å². The lowest BCUT2D eigenvalue weighted by atomic mass is 10.3. The third kappa shape index (κ3) is 1.32. The van der Waals surface area contributed by atoms with Crippen molar-refractivity contribution in [3.05, 3.63) is 22.4 Å². The van der Waals surface area contributed by atoms with E-state index in [1.807, 2.05) is 11.3 Å².